The third kappa shape index (κ3) is 2.72. The molecular formula is C16H24NO2+. The number of methoxy groups -OCH3 is 1. The van der Waals surface area contributed by atoms with E-state index < -0.39 is 0 Å². The summed E-state index contributed by atoms with van der Waals surface area (Å²) in [6.07, 6.45) is 0. The fraction of sp³-hybridized carbons (Fsp3) is 0.562. The summed E-state index contributed by atoms with van der Waals surface area (Å²) in [6.45, 7) is 9.73. The number of para-hydroxylation sites is 1. The van der Waals surface area contributed by atoms with Gasteiger partial charge < -0.3 is 9.47 Å². The van der Waals surface area contributed by atoms with Crippen LogP contribution in [0.25, 0.3) is 0 Å². The van der Waals surface area contributed by atoms with Gasteiger partial charge in [-0.05, 0) is 13.8 Å². The molecule has 1 aromatic rings. The van der Waals surface area contributed by atoms with Gasteiger partial charge >= 0.3 is 0 Å². The van der Waals surface area contributed by atoms with Gasteiger partial charge in [-0.3, -0.25) is 0 Å². The molecule has 1 aromatic carbocycles. The van der Waals surface area contributed by atoms with Crippen LogP contribution >= 0.6 is 0 Å². The van der Waals surface area contributed by atoms with Crippen LogP contribution in [0.4, 0.5) is 5.69 Å². The van der Waals surface area contributed by atoms with Crippen LogP contribution in [0.1, 0.15) is 26.3 Å². The maximum Gasteiger partial charge on any atom is 0.209 e. The van der Waals surface area contributed by atoms with Crippen LogP contribution < -0.4 is 0 Å². The van der Waals surface area contributed by atoms with Crippen molar-refractivity contribution in [3.8, 4) is 0 Å². The van der Waals surface area contributed by atoms with E-state index in [-0.39, 0.29) is 5.41 Å². The van der Waals surface area contributed by atoms with Crippen molar-refractivity contribution in [2.45, 2.75) is 26.2 Å². The van der Waals surface area contributed by atoms with E-state index in [4.69, 9.17) is 9.47 Å². The number of ether oxygens (including phenoxy) is 2. The molecule has 0 aromatic heterocycles. The van der Waals surface area contributed by atoms with Gasteiger partial charge in [0.15, 0.2) is 12.3 Å². The molecule has 2 rings (SSSR count). The van der Waals surface area contributed by atoms with Gasteiger partial charge in [-0.2, -0.15) is 4.58 Å². The molecule has 0 N–H and O–H groups in total. The lowest BCUT2D eigenvalue weighted by Gasteiger charge is -2.14. The summed E-state index contributed by atoms with van der Waals surface area (Å²) in [5.74, 6) is 0. The molecule has 0 saturated carbocycles. The second kappa shape index (κ2) is 5.85. The van der Waals surface area contributed by atoms with Crippen LogP contribution in [0.15, 0.2) is 24.3 Å². The normalized spacial score (nSPS) is 16.8. The molecule has 0 unspecified atom stereocenters. The number of rotatable bonds is 6. The van der Waals surface area contributed by atoms with E-state index in [1.807, 2.05) is 0 Å². The summed E-state index contributed by atoms with van der Waals surface area (Å²) in [4.78, 5) is 0. The van der Waals surface area contributed by atoms with Crippen molar-refractivity contribution >= 4 is 11.4 Å². The van der Waals surface area contributed by atoms with Gasteiger partial charge in [0.1, 0.15) is 6.61 Å². The minimum atomic E-state index is 0.114. The summed E-state index contributed by atoms with van der Waals surface area (Å²) >= 11 is 0. The molecule has 1 heterocycles. The van der Waals surface area contributed by atoms with E-state index in [1.54, 1.807) is 7.11 Å². The molecule has 0 atom stereocenters. The summed E-state index contributed by atoms with van der Waals surface area (Å²) < 4.78 is 12.9. The molecule has 0 aliphatic carbocycles. The van der Waals surface area contributed by atoms with Crippen molar-refractivity contribution in [1.29, 1.82) is 0 Å². The van der Waals surface area contributed by atoms with Crippen LogP contribution in [-0.2, 0) is 14.9 Å². The predicted octanol–water partition coefficient (Wildman–Crippen LogP) is 2.75. The molecule has 0 radical (unpaired) electrons. The lowest BCUT2D eigenvalue weighted by Crippen LogP contribution is -2.27. The molecule has 0 amide bonds. The Hall–Kier alpha value is -1.19. The lowest BCUT2D eigenvalue weighted by molar-refractivity contribution is -0.443. The lowest BCUT2D eigenvalue weighted by atomic mass is 9.82. The van der Waals surface area contributed by atoms with E-state index >= 15 is 0 Å². The molecule has 0 fully saturated rings. The first-order chi connectivity index (χ1) is 9.09. The molecule has 0 spiro atoms. The molecule has 3 heteroatoms. The average Bonchev–Trinajstić information content (AvgIpc) is 2.60. The molecule has 0 saturated heterocycles. The zero-order valence-electron chi connectivity index (χ0n) is 12.4. The Morgan fingerprint density at radius 1 is 1.11 bits per heavy atom. The molecule has 1 aliphatic heterocycles. The Morgan fingerprint density at radius 2 is 1.84 bits per heavy atom. The largest absolute Gasteiger partial charge is 0.382 e. The van der Waals surface area contributed by atoms with Gasteiger partial charge in [0.2, 0.25) is 5.69 Å². The van der Waals surface area contributed by atoms with Crippen LogP contribution in [-0.4, -0.2) is 43.8 Å². The first-order valence-electron chi connectivity index (χ1n) is 6.87. The number of hydrogen-bond donors (Lipinski definition) is 0. The first-order valence-corrected chi connectivity index (χ1v) is 6.87. The van der Waals surface area contributed by atoms with Crippen molar-refractivity contribution in [2.24, 2.45) is 0 Å². The van der Waals surface area contributed by atoms with Gasteiger partial charge in [-0.1, -0.05) is 18.2 Å². The maximum atomic E-state index is 5.59. The summed E-state index contributed by atoms with van der Waals surface area (Å²) in [5, 5.41) is 0. The quantitative estimate of drug-likeness (QED) is 0.581. The second-order valence-electron chi connectivity index (χ2n) is 5.48. The highest BCUT2D eigenvalue weighted by Crippen LogP contribution is 2.38. The average molecular weight is 262 g/mol. The fourth-order valence-corrected chi connectivity index (χ4v) is 2.64. The maximum absolute atomic E-state index is 5.59. The molecule has 1 aliphatic rings. The number of fused-ring (bicyclic) bond motifs is 1. The van der Waals surface area contributed by atoms with Gasteiger partial charge in [-0.25, -0.2) is 0 Å². The number of nitrogens with zero attached hydrogens (tertiary/aromatic N) is 1. The predicted molar refractivity (Wildman–Crippen MR) is 77.6 cm³/mol. The van der Waals surface area contributed by atoms with Crippen LogP contribution in [0.2, 0.25) is 0 Å². The van der Waals surface area contributed by atoms with Crippen molar-refractivity contribution in [1.82, 2.24) is 0 Å². The van der Waals surface area contributed by atoms with Crippen molar-refractivity contribution in [3.05, 3.63) is 29.8 Å². The zero-order chi connectivity index (χ0) is 13.9. The van der Waals surface area contributed by atoms with E-state index in [0.29, 0.717) is 13.2 Å². The van der Waals surface area contributed by atoms with Gasteiger partial charge in [0, 0.05) is 25.7 Å². The van der Waals surface area contributed by atoms with Gasteiger partial charge in [0.05, 0.1) is 18.6 Å². The highest BCUT2D eigenvalue weighted by Gasteiger charge is 2.42. The van der Waals surface area contributed by atoms with Crippen LogP contribution in [0.5, 0.6) is 0 Å². The SMILES string of the molecule is COCCOCC[N+]1=C(C)C(C)(C)c2ccccc21. The zero-order valence-corrected chi connectivity index (χ0v) is 12.4. The van der Waals surface area contributed by atoms with Crippen molar-refractivity contribution in [3.63, 3.8) is 0 Å². The van der Waals surface area contributed by atoms with Gasteiger partial charge in [-0.15, -0.1) is 0 Å². The third-order valence-electron chi connectivity index (χ3n) is 4.07. The first kappa shape index (κ1) is 14.2. The summed E-state index contributed by atoms with van der Waals surface area (Å²) in [5.41, 5.74) is 4.23. The second-order valence-corrected chi connectivity index (χ2v) is 5.48. The Morgan fingerprint density at radius 3 is 2.58 bits per heavy atom. The summed E-state index contributed by atoms with van der Waals surface area (Å²) in [7, 11) is 1.69. The highest BCUT2D eigenvalue weighted by molar-refractivity contribution is 5.93. The molecule has 0 bridgehead atoms. The Labute approximate surface area is 115 Å². The van der Waals surface area contributed by atoms with Crippen LogP contribution in [0, 0.1) is 0 Å². The Bertz CT molecular complexity index is 477. The number of benzene rings is 1. The number of hydrogen-bond acceptors (Lipinski definition) is 2. The van der Waals surface area contributed by atoms with E-state index in [0.717, 1.165) is 13.2 Å². The smallest absolute Gasteiger partial charge is 0.209 e. The van der Waals surface area contributed by atoms with E-state index in [9.17, 15) is 0 Å². The topological polar surface area (TPSA) is 21.5 Å². The van der Waals surface area contributed by atoms with Crippen molar-refractivity contribution in [2.75, 3.05) is 33.5 Å². The summed E-state index contributed by atoms with van der Waals surface area (Å²) in [6, 6.07) is 8.64. The Balaban J connectivity index is 2.09. The van der Waals surface area contributed by atoms with Crippen LogP contribution in [0.3, 0.4) is 0 Å². The highest BCUT2D eigenvalue weighted by atomic mass is 16.5. The van der Waals surface area contributed by atoms with Gasteiger partial charge in [0.25, 0.3) is 0 Å². The Kier molecular flexibility index (Phi) is 4.38. The third-order valence-corrected chi connectivity index (χ3v) is 4.07. The molecule has 3 nitrogen and oxygen atoms in total. The van der Waals surface area contributed by atoms with Crippen molar-refractivity contribution < 1.29 is 14.0 Å². The fourth-order valence-electron chi connectivity index (χ4n) is 2.64. The monoisotopic (exact) mass is 262 g/mol. The van der Waals surface area contributed by atoms with E-state index in [2.05, 4.69) is 49.6 Å². The minimum absolute atomic E-state index is 0.114. The molecule has 19 heavy (non-hydrogen) atoms. The van der Waals surface area contributed by atoms with E-state index in [1.165, 1.54) is 17.0 Å². The standard InChI is InChI=1S/C16H24NO2/c1-13-16(2,3)14-7-5-6-8-15(14)17(13)9-10-19-12-11-18-4/h5-8H,9-12H2,1-4H3/q+1. The molecular weight excluding hydrogens is 238 g/mol. The minimum Gasteiger partial charge on any atom is -0.382 e. The molecule has 104 valence electrons.